The van der Waals surface area contributed by atoms with Crippen LogP contribution >= 0.6 is 0 Å². The lowest BCUT2D eigenvalue weighted by molar-refractivity contribution is -0.138. The molecule has 0 spiro atoms. The van der Waals surface area contributed by atoms with Gasteiger partial charge in [-0.25, -0.2) is 4.68 Å². The van der Waals surface area contributed by atoms with Crippen molar-refractivity contribution in [3.05, 3.63) is 11.9 Å². The van der Waals surface area contributed by atoms with Crippen LogP contribution in [-0.2, 0) is 16.1 Å². The predicted molar refractivity (Wildman–Crippen MR) is 84.6 cm³/mol. The normalized spacial score (nSPS) is 22.5. The lowest BCUT2D eigenvalue weighted by Crippen LogP contribution is -2.51. The monoisotopic (exact) mass is 318 g/mol. The first-order valence-corrected chi connectivity index (χ1v) is 9.04. The molecule has 2 aliphatic carbocycles. The molecule has 1 aromatic heterocycles. The van der Waals surface area contributed by atoms with E-state index in [-0.39, 0.29) is 6.04 Å². The van der Waals surface area contributed by atoms with Crippen molar-refractivity contribution in [3.63, 3.8) is 0 Å². The van der Waals surface area contributed by atoms with E-state index in [1.165, 1.54) is 38.5 Å². The van der Waals surface area contributed by atoms with Crippen LogP contribution in [-0.4, -0.2) is 45.5 Å². The molecule has 0 N–H and O–H groups in total. The van der Waals surface area contributed by atoms with Gasteiger partial charge in [-0.2, -0.15) is 0 Å². The molecule has 1 saturated heterocycles. The number of likely N-dealkylation sites (tertiary alicyclic amines) is 1. The summed E-state index contributed by atoms with van der Waals surface area (Å²) in [6, 6.07) is 0.284. The third-order valence-corrected chi connectivity index (χ3v) is 5.39. The molecular weight excluding hydrogens is 292 g/mol. The average Bonchev–Trinajstić information content (AvgIpc) is 2.96. The molecule has 3 aliphatic rings. The molecule has 6 heteroatoms. The van der Waals surface area contributed by atoms with Gasteiger partial charge in [0.2, 0.25) is 5.91 Å². The summed E-state index contributed by atoms with van der Waals surface area (Å²) in [7, 11) is 0. The molecule has 4 rings (SSSR count). The fourth-order valence-corrected chi connectivity index (χ4v) is 3.59. The van der Waals surface area contributed by atoms with Gasteiger partial charge in [-0.15, -0.1) is 5.10 Å². The fraction of sp³-hybridized carbons (Fsp3) is 0.824. The van der Waals surface area contributed by atoms with E-state index >= 15 is 0 Å². The average molecular weight is 318 g/mol. The first kappa shape index (κ1) is 15.1. The van der Waals surface area contributed by atoms with Crippen LogP contribution in [0.25, 0.3) is 0 Å². The summed E-state index contributed by atoms with van der Waals surface area (Å²) in [4.78, 5) is 14.2. The molecule has 0 atom stereocenters. The molecule has 0 aromatic carbocycles. The van der Waals surface area contributed by atoms with Crippen molar-refractivity contribution in [1.82, 2.24) is 19.9 Å². The van der Waals surface area contributed by atoms with Crippen LogP contribution < -0.4 is 0 Å². The summed E-state index contributed by atoms with van der Waals surface area (Å²) >= 11 is 0. The summed E-state index contributed by atoms with van der Waals surface area (Å²) in [5, 5.41) is 8.37. The maximum Gasteiger partial charge on any atom is 0.222 e. The van der Waals surface area contributed by atoms with Crippen LogP contribution in [0.4, 0.5) is 0 Å². The van der Waals surface area contributed by atoms with Crippen molar-refractivity contribution >= 4 is 5.91 Å². The summed E-state index contributed by atoms with van der Waals surface area (Å²) in [6.45, 7) is 2.95. The van der Waals surface area contributed by atoms with Crippen LogP contribution in [0.2, 0.25) is 0 Å². The van der Waals surface area contributed by atoms with Crippen molar-refractivity contribution < 1.29 is 9.53 Å². The Hall–Kier alpha value is -1.43. The number of nitrogens with zero attached hydrogens (tertiary/aromatic N) is 4. The zero-order valence-electron chi connectivity index (χ0n) is 13.7. The molecule has 126 valence electrons. The molecule has 0 radical (unpaired) electrons. The molecule has 0 unspecified atom stereocenters. The number of carbonyl (C=O) groups excluding carboxylic acids is 1. The maximum absolute atomic E-state index is 12.2. The molecular formula is C17H26N4O2. The maximum atomic E-state index is 12.2. The van der Waals surface area contributed by atoms with Crippen molar-refractivity contribution in [3.8, 4) is 0 Å². The summed E-state index contributed by atoms with van der Waals surface area (Å²) in [5.74, 6) is 1.72. The smallest absolute Gasteiger partial charge is 0.222 e. The number of hydrogen-bond acceptors (Lipinski definition) is 4. The van der Waals surface area contributed by atoms with Crippen LogP contribution in [0.3, 0.4) is 0 Å². The van der Waals surface area contributed by atoms with Crippen molar-refractivity contribution in [2.24, 2.45) is 11.8 Å². The third kappa shape index (κ3) is 3.74. The van der Waals surface area contributed by atoms with E-state index in [1.54, 1.807) is 0 Å². The van der Waals surface area contributed by atoms with Gasteiger partial charge in [-0.3, -0.25) is 4.79 Å². The minimum atomic E-state index is 0.284. The molecule has 3 fully saturated rings. The second kappa shape index (κ2) is 6.59. The Bertz CT molecular complexity index is 543. The van der Waals surface area contributed by atoms with E-state index in [0.717, 1.165) is 37.7 Å². The van der Waals surface area contributed by atoms with Gasteiger partial charge < -0.3 is 9.64 Å². The zero-order chi connectivity index (χ0) is 15.6. The number of ether oxygens (including phenoxy) is 1. The van der Waals surface area contributed by atoms with Gasteiger partial charge in [0.25, 0.3) is 0 Å². The van der Waals surface area contributed by atoms with Gasteiger partial charge in [0.05, 0.1) is 18.8 Å². The highest BCUT2D eigenvalue weighted by Gasteiger charge is 2.34. The summed E-state index contributed by atoms with van der Waals surface area (Å²) in [6.07, 6.45) is 10.4. The van der Waals surface area contributed by atoms with Crippen LogP contribution in [0.1, 0.15) is 56.7 Å². The van der Waals surface area contributed by atoms with Gasteiger partial charge in [0.1, 0.15) is 5.69 Å². The highest BCUT2D eigenvalue weighted by molar-refractivity contribution is 5.77. The first-order valence-electron chi connectivity index (χ1n) is 9.04. The number of rotatable bonds is 7. The standard InChI is InChI=1S/C17H26N4O2/c22-17(7-13-3-1-2-4-13)20-9-16(10-20)21-8-15(18-19-21)12-23-11-14-5-6-14/h8,13-14,16H,1-7,9-12H2. The van der Waals surface area contributed by atoms with E-state index in [1.807, 2.05) is 15.8 Å². The van der Waals surface area contributed by atoms with Gasteiger partial charge in [0.15, 0.2) is 0 Å². The Balaban J connectivity index is 1.20. The van der Waals surface area contributed by atoms with E-state index in [0.29, 0.717) is 18.4 Å². The van der Waals surface area contributed by atoms with Crippen molar-refractivity contribution in [1.29, 1.82) is 0 Å². The Kier molecular flexibility index (Phi) is 4.33. The van der Waals surface area contributed by atoms with Gasteiger partial charge in [-0.1, -0.05) is 18.1 Å². The number of hydrogen-bond donors (Lipinski definition) is 0. The SMILES string of the molecule is O=C(CC1CCCC1)N1CC(n2cc(COCC3CC3)nn2)C1. The van der Waals surface area contributed by atoms with Crippen molar-refractivity contribution in [2.75, 3.05) is 19.7 Å². The largest absolute Gasteiger partial charge is 0.375 e. The number of amides is 1. The van der Waals surface area contributed by atoms with Gasteiger partial charge in [0, 0.05) is 26.1 Å². The molecule has 1 aliphatic heterocycles. The third-order valence-electron chi connectivity index (χ3n) is 5.39. The Morgan fingerprint density at radius 3 is 2.70 bits per heavy atom. The Morgan fingerprint density at radius 2 is 1.96 bits per heavy atom. The first-order chi connectivity index (χ1) is 11.3. The minimum absolute atomic E-state index is 0.284. The van der Waals surface area contributed by atoms with Crippen molar-refractivity contribution in [2.45, 2.75) is 57.6 Å². The molecule has 6 nitrogen and oxygen atoms in total. The predicted octanol–water partition coefficient (Wildman–Crippen LogP) is 2.17. The number of carbonyl (C=O) groups is 1. The lowest BCUT2D eigenvalue weighted by atomic mass is 10.0. The highest BCUT2D eigenvalue weighted by atomic mass is 16.5. The number of aromatic nitrogens is 3. The molecule has 1 aromatic rings. The Morgan fingerprint density at radius 1 is 1.17 bits per heavy atom. The molecule has 0 bridgehead atoms. The summed E-state index contributed by atoms with van der Waals surface area (Å²) in [5.41, 5.74) is 0.890. The van der Waals surface area contributed by atoms with E-state index in [4.69, 9.17) is 4.74 Å². The van der Waals surface area contributed by atoms with Crippen LogP contribution in [0, 0.1) is 11.8 Å². The highest BCUT2D eigenvalue weighted by Crippen LogP contribution is 2.30. The molecule has 2 saturated carbocycles. The topological polar surface area (TPSA) is 60.2 Å². The van der Waals surface area contributed by atoms with Crippen LogP contribution in [0.15, 0.2) is 6.20 Å². The lowest BCUT2D eigenvalue weighted by Gasteiger charge is -2.39. The van der Waals surface area contributed by atoms with E-state index in [9.17, 15) is 4.79 Å². The quantitative estimate of drug-likeness (QED) is 0.773. The second-order valence-corrected chi connectivity index (χ2v) is 7.46. The molecule has 2 heterocycles. The summed E-state index contributed by atoms with van der Waals surface area (Å²) < 4.78 is 7.54. The van der Waals surface area contributed by atoms with Crippen LogP contribution in [0.5, 0.6) is 0 Å². The molecule has 1 amide bonds. The van der Waals surface area contributed by atoms with E-state index in [2.05, 4.69) is 10.3 Å². The van der Waals surface area contributed by atoms with Gasteiger partial charge in [-0.05, 0) is 37.5 Å². The Labute approximate surface area is 137 Å². The molecule has 23 heavy (non-hydrogen) atoms. The second-order valence-electron chi connectivity index (χ2n) is 7.46. The minimum Gasteiger partial charge on any atom is -0.375 e. The zero-order valence-corrected chi connectivity index (χ0v) is 13.7. The fourth-order valence-electron chi connectivity index (χ4n) is 3.59. The van der Waals surface area contributed by atoms with E-state index < -0.39 is 0 Å². The van der Waals surface area contributed by atoms with Gasteiger partial charge >= 0.3 is 0 Å².